The molecule has 0 spiro atoms. The number of hydrogen-bond donors (Lipinski definition) is 1. The van der Waals surface area contributed by atoms with Crippen LogP contribution >= 0.6 is 11.3 Å². The first kappa shape index (κ1) is 38.4. The number of aromatic nitrogens is 2. The molecule has 6 rings (SSSR count). The van der Waals surface area contributed by atoms with Crippen LogP contribution in [-0.2, 0) is 31.3 Å². The Kier molecular flexibility index (Phi) is 12.9. The molecule has 0 aliphatic heterocycles. The molecule has 0 saturated heterocycles. The summed E-state index contributed by atoms with van der Waals surface area (Å²) < 4.78 is 2.40. The van der Waals surface area contributed by atoms with Gasteiger partial charge in [0.1, 0.15) is 12.1 Å². The molecule has 0 fully saturated rings. The molecule has 259 valence electrons. The van der Waals surface area contributed by atoms with Crippen molar-refractivity contribution in [1.82, 2.24) is 9.97 Å². The van der Waals surface area contributed by atoms with Crippen LogP contribution in [0.4, 0.5) is 0 Å². The van der Waals surface area contributed by atoms with Crippen LogP contribution < -0.4 is 0 Å². The van der Waals surface area contributed by atoms with Gasteiger partial charge < -0.3 is 5.11 Å². The molecule has 1 radical (unpaired) electrons. The minimum atomic E-state index is 0. The molecule has 4 nitrogen and oxygen atoms in total. The first-order valence-corrected chi connectivity index (χ1v) is 18.3. The van der Waals surface area contributed by atoms with Crippen molar-refractivity contribution in [2.75, 3.05) is 0 Å². The van der Waals surface area contributed by atoms with Gasteiger partial charge in [-0.2, -0.15) is 0 Å². The Balaban J connectivity index is 0.000000274. The molecule has 0 aliphatic carbocycles. The van der Waals surface area contributed by atoms with Crippen molar-refractivity contribution in [2.24, 2.45) is 17.3 Å². The van der Waals surface area contributed by atoms with Gasteiger partial charge in [0.15, 0.2) is 5.78 Å². The number of allylic oxidation sites excluding steroid dienone is 2. The molecule has 2 heterocycles. The molecule has 4 aromatic carbocycles. The smallest absolute Gasteiger partial charge is 0.164 e. The Morgan fingerprint density at radius 3 is 2.14 bits per heavy atom. The summed E-state index contributed by atoms with van der Waals surface area (Å²) in [4.78, 5) is 21.5. The van der Waals surface area contributed by atoms with E-state index in [-0.39, 0.29) is 43.1 Å². The number of carbonyl (C=O) groups excluding carboxylic acids is 1. The van der Waals surface area contributed by atoms with E-state index < -0.39 is 0 Å². The number of aliphatic hydroxyl groups excluding tert-OH is 1. The molecule has 0 bridgehead atoms. The van der Waals surface area contributed by atoms with E-state index in [4.69, 9.17) is 9.97 Å². The van der Waals surface area contributed by atoms with Gasteiger partial charge in [-0.05, 0) is 55.2 Å². The monoisotopic (exact) mass is 850 g/mol. The zero-order chi connectivity index (χ0) is 34.6. The van der Waals surface area contributed by atoms with E-state index in [1.165, 1.54) is 37.2 Å². The van der Waals surface area contributed by atoms with Gasteiger partial charge in [-0.25, -0.2) is 4.98 Å². The fraction of sp³-hybridized carbons (Fsp3) is 0.372. The molecule has 49 heavy (non-hydrogen) atoms. The second-order valence-corrected chi connectivity index (χ2v) is 15.1. The van der Waals surface area contributed by atoms with Crippen LogP contribution in [0.15, 0.2) is 84.4 Å². The van der Waals surface area contributed by atoms with Crippen molar-refractivity contribution in [3.63, 3.8) is 0 Å². The topological polar surface area (TPSA) is 63.1 Å². The molecule has 0 aliphatic rings. The molecule has 6 heteroatoms. The SMILES string of the molecule is CC(C)(C)Cc1cccc2c(-c3ncnc4c3sc3c5ccccc5ccc43)[c-]ccc12.CCC(CC)C(=O)/C(C)=C(\O)C(CC)CC.[Ir]. The summed E-state index contributed by atoms with van der Waals surface area (Å²) in [6.07, 6.45) is 6.20. The summed E-state index contributed by atoms with van der Waals surface area (Å²) >= 11 is 1.79. The van der Waals surface area contributed by atoms with Gasteiger partial charge in [-0.1, -0.05) is 119 Å². The van der Waals surface area contributed by atoms with Gasteiger partial charge in [-0.15, -0.1) is 35.1 Å². The van der Waals surface area contributed by atoms with Crippen LogP contribution in [0.3, 0.4) is 0 Å². The Bertz CT molecular complexity index is 2100. The van der Waals surface area contributed by atoms with E-state index >= 15 is 0 Å². The van der Waals surface area contributed by atoms with Gasteiger partial charge in [0, 0.05) is 58.0 Å². The molecular weight excluding hydrogens is 801 g/mol. The van der Waals surface area contributed by atoms with Gasteiger partial charge in [0.2, 0.25) is 0 Å². The third-order valence-electron chi connectivity index (χ3n) is 9.53. The van der Waals surface area contributed by atoms with Crippen LogP contribution in [-0.4, -0.2) is 20.9 Å². The van der Waals surface area contributed by atoms with Crippen LogP contribution in [0.5, 0.6) is 0 Å². The van der Waals surface area contributed by atoms with Crippen LogP contribution in [0.25, 0.3) is 53.1 Å². The third-order valence-corrected chi connectivity index (χ3v) is 10.8. The normalized spacial score (nSPS) is 12.4. The summed E-state index contributed by atoms with van der Waals surface area (Å²) in [7, 11) is 0. The number of benzene rings is 4. The first-order valence-electron chi connectivity index (χ1n) is 17.4. The molecule has 0 amide bonds. The summed E-state index contributed by atoms with van der Waals surface area (Å²) in [5.41, 5.74) is 5.22. The maximum atomic E-state index is 12.1. The predicted octanol–water partition coefficient (Wildman–Crippen LogP) is 12.5. The van der Waals surface area contributed by atoms with Crippen molar-refractivity contribution in [3.05, 3.63) is 96.0 Å². The number of aliphatic hydroxyl groups is 1. The fourth-order valence-corrected chi connectivity index (χ4v) is 8.08. The zero-order valence-electron chi connectivity index (χ0n) is 30.1. The number of thiophene rings is 1. The quantitative estimate of drug-likeness (QED) is 0.0894. The predicted molar refractivity (Wildman–Crippen MR) is 206 cm³/mol. The maximum Gasteiger partial charge on any atom is 0.164 e. The molecule has 6 aromatic rings. The van der Waals surface area contributed by atoms with E-state index in [0.29, 0.717) is 11.3 Å². The summed E-state index contributed by atoms with van der Waals surface area (Å²) in [5.74, 6) is 0.631. The van der Waals surface area contributed by atoms with Crippen molar-refractivity contribution >= 4 is 59.0 Å². The van der Waals surface area contributed by atoms with Gasteiger partial charge in [0.25, 0.3) is 0 Å². The van der Waals surface area contributed by atoms with Crippen molar-refractivity contribution in [1.29, 1.82) is 0 Å². The maximum absolute atomic E-state index is 12.1. The fourth-order valence-electron chi connectivity index (χ4n) is 6.79. The molecule has 0 unspecified atom stereocenters. The van der Waals surface area contributed by atoms with E-state index in [1.54, 1.807) is 24.6 Å². The first-order chi connectivity index (χ1) is 23.0. The van der Waals surface area contributed by atoms with Crippen molar-refractivity contribution in [3.8, 4) is 11.3 Å². The molecule has 0 saturated carbocycles. The van der Waals surface area contributed by atoms with E-state index in [9.17, 15) is 9.90 Å². The standard InChI is InChI=1S/C29H23N2S.C14H26O2.Ir/c1-29(2,3)16-19-9-6-12-22-20(19)11-7-13-23(22)25-28-26(31-17-30-25)24-15-14-18-8-4-5-10-21(18)27(24)32-28;1-6-11(7-2)13(15)10(5)14(16)12(8-3)9-4;/h4-12,14-15,17H,16H2,1-3H3;11-12,15H,6-9H2,1-5H3;/q-1;;/b;13-10-;. The Labute approximate surface area is 309 Å². The number of hydrogen-bond acceptors (Lipinski definition) is 5. The molecule has 2 aromatic heterocycles. The van der Waals surface area contributed by atoms with Crippen LogP contribution in [0.1, 0.15) is 86.6 Å². The summed E-state index contributed by atoms with van der Waals surface area (Å²) in [6, 6.07) is 27.3. The number of fused-ring (bicyclic) bond motifs is 6. The second-order valence-electron chi connectivity index (χ2n) is 14.0. The van der Waals surface area contributed by atoms with Crippen molar-refractivity contribution in [2.45, 2.75) is 87.5 Å². The molecule has 1 N–H and O–H groups in total. The molecule has 0 atom stereocenters. The van der Waals surface area contributed by atoms with E-state index in [2.05, 4.69) is 87.5 Å². The average Bonchev–Trinajstić information content (AvgIpc) is 3.48. The minimum Gasteiger partial charge on any atom is -0.512 e. The number of carbonyl (C=O) groups is 1. The van der Waals surface area contributed by atoms with Crippen molar-refractivity contribution < 1.29 is 30.0 Å². The average molecular weight is 850 g/mol. The number of rotatable bonds is 9. The third kappa shape index (κ3) is 8.14. The summed E-state index contributed by atoms with van der Waals surface area (Å²) in [6.45, 7) is 16.7. The number of ketones is 1. The Hall–Kier alpha value is -3.44. The number of nitrogens with zero attached hydrogens (tertiary/aromatic N) is 2. The Morgan fingerprint density at radius 1 is 0.796 bits per heavy atom. The van der Waals surface area contributed by atoms with Gasteiger partial charge in [0.05, 0.1) is 5.52 Å². The largest absolute Gasteiger partial charge is 0.512 e. The van der Waals surface area contributed by atoms with E-state index in [0.717, 1.165) is 53.6 Å². The van der Waals surface area contributed by atoms with Gasteiger partial charge >= 0.3 is 0 Å². The summed E-state index contributed by atoms with van der Waals surface area (Å²) in [5, 5.41) is 16.3. The van der Waals surface area contributed by atoms with Gasteiger partial charge in [-0.3, -0.25) is 9.78 Å². The zero-order valence-corrected chi connectivity index (χ0v) is 33.3. The van der Waals surface area contributed by atoms with E-state index in [1.807, 2.05) is 33.8 Å². The second kappa shape index (κ2) is 16.5. The van der Waals surface area contributed by atoms with Crippen LogP contribution in [0.2, 0.25) is 0 Å². The minimum absolute atomic E-state index is 0. The number of Topliss-reactive ketones (excluding diaryl/α,β-unsaturated/α-hetero) is 1. The Morgan fingerprint density at radius 2 is 1.47 bits per heavy atom. The van der Waals surface area contributed by atoms with Crippen LogP contribution in [0, 0.1) is 23.3 Å². The molecular formula is C43H49IrN2O2S-.